The van der Waals surface area contributed by atoms with Crippen molar-refractivity contribution in [3.05, 3.63) is 35.7 Å². The van der Waals surface area contributed by atoms with Crippen LogP contribution in [0.25, 0.3) is 0 Å². The van der Waals surface area contributed by atoms with Gasteiger partial charge in [-0.05, 0) is 13.0 Å². The highest BCUT2D eigenvalue weighted by molar-refractivity contribution is 5.84. The number of hydrogen-bond donors (Lipinski definition) is 2. The zero-order valence-electron chi connectivity index (χ0n) is 10.7. The number of nitrogens with zero attached hydrogens (tertiary/aromatic N) is 5. The summed E-state index contributed by atoms with van der Waals surface area (Å²) in [7, 11) is 0. The number of rotatable bonds is 5. The lowest BCUT2D eigenvalue weighted by atomic mass is 10.3. The first kappa shape index (κ1) is 13.5. The average Bonchev–Trinajstić information content (AvgIpc) is 2.87. The Hall–Kier alpha value is -2.95. The minimum absolute atomic E-state index is 0.00331. The predicted octanol–water partition coefficient (Wildman–Crippen LogP) is 0.663. The molecule has 2 heterocycles. The molecule has 2 rings (SSSR count). The van der Waals surface area contributed by atoms with Crippen LogP contribution in [0.3, 0.4) is 0 Å². The number of nitriles is 1. The molecule has 2 aromatic heterocycles. The highest BCUT2D eigenvalue weighted by atomic mass is 16.4. The molecule has 0 aliphatic carbocycles. The molecule has 8 nitrogen and oxygen atoms in total. The van der Waals surface area contributed by atoms with Crippen molar-refractivity contribution in [2.24, 2.45) is 0 Å². The minimum Gasteiger partial charge on any atom is -0.476 e. The third-order valence-electron chi connectivity index (χ3n) is 2.47. The largest absolute Gasteiger partial charge is 0.476 e. The fourth-order valence-electron chi connectivity index (χ4n) is 1.59. The molecule has 0 bridgehead atoms. The second-order valence-corrected chi connectivity index (χ2v) is 4.06. The van der Waals surface area contributed by atoms with E-state index in [-0.39, 0.29) is 5.69 Å². The van der Waals surface area contributed by atoms with Gasteiger partial charge in [-0.25, -0.2) is 19.7 Å². The van der Waals surface area contributed by atoms with Crippen molar-refractivity contribution in [3.63, 3.8) is 0 Å². The Bertz CT molecular complexity index is 673. The van der Waals surface area contributed by atoms with Crippen molar-refractivity contribution in [3.8, 4) is 6.07 Å². The molecule has 102 valence electrons. The second kappa shape index (κ2) is 5.79. The molecule has 0 unspecified atom stereocenters. The molecule has 0 amide bonds. The van der Waals surface area contributed by atoms with Gasteiger partial charge >= 0.3 is 5.97 Å². The summed E-state index contributed by atoms with van der Waals surface area (Å²) < 4.78 is 1.65. The van der Waals surface area contributed by atoms with Crippen molar-refractivity contribution in [2.75, 3.05) is 11.9 Å². The predicted molar refractivity (Wildman–Crippen MR) is 69.2 cm³/mol. The van der Waals surface area contributed by atoms with Gasteiger partial charge in [-0.1, -0.05) is 0 Å². The standard InChI is InChI=1S/C12H12N6O2/c1-8-4-9(5-13)17-12(16-8)14-2-3-18-6-10(11(19)20)15-7-18/h4,6-7H,2-3H2,1H3,(H,19,20)(H,14,16,17). The second-order valence-electron chi connectivity index (χ2n) is 4.06. The van der Waals surface area contributed by atoms with Crippen molar-refractivity contribution in [2.45, 2.75) is 13.5 Å². The molecule has 0 spiro atoms. The summed E-state index contributed by atoms with van der Waals surface area (Å²) in [6.07, 6.45) is 2.89. The summed E-state index contributed by atoms with van der Waals surface area (Å²) in [4.78, 5) is 22.6. The van der Waals surface area contributed by atoms with E-state index in [0.29, 0.717) is 30.4 Å². The maximum atomic E-state index is 10.7. The monoisotopic (exact) mass is 272 g/mol. The van der Waals surface area contributed by atoms with E-state index in [1.807, 2.05) is 6.07 Å². The van der Waals surface area contributed by atoms with E-state index < -0.39 is 5.97 Å². The number of hydrogen-bond acceptors (Lipinski definition) is 6. The molecule has 20 heavy (non-hydrogen) atoms. The van der Waals surface area contributed by atoms with Crippen LogP contribution in [0, 0.1) is 18.3 Å². The zero-order chi connectivity index (χ0) is 14.5. The number of carboxylic acid groups (broad SMARTS) is 1. The van der Waals surface area contributed by atoms with Crippen LogP contribution in [-0.2, 0) is 6.54 Å². The van der Waals surface area contributed by atoms with E-state index in [2.05, 4.69) is 20.3 Å². The Balaban J connectivity index is 1.94. The first-order chi connectivity index (χ1) is 9.58. The summed E-state index contributed by atoms with van der Waals surface area (Å²) in [5.74, 6) is -0.683. The molecule has 0 atom stereocenters. The van der Waals surface area contributed by atoms with Crippen LogP contribution < -0.4 is 5.32 Å². The van der Waals surface area contributed by atoms with Crippen LogP contribution >= 0.6 is 0 Å². The van der Waals surface area contributed by atoms with E-state index in [4.69, 9.17) is 10.4 Å². The molecule has 8 heteroatoms. The van der Waals surface area contributed by atoms with Crippen molar-refractivity contribution in [1.29, 1.82) is 5.26 Å². The molecule has 0 saturated heterocycles. The summed E-state index contributed by atoms with van der Waals surface area (Å²) in [6, 6.07) is 3.56. The molecule has 0 aliphatic heterocycles. The number of nitrogens with one attached hydrogen (secondary N) is 1. The first-order valence-electron chi connectivity index (χ1n) is 5.83. The highest BCUT2D eigenvalue weighted by Gasteiger charge is 2.06. The van der Waals surface area contributed by atoms with Gasteiger partial charge in [0.05, 0.1) is 6.33 Å². The van der Waals surface area contributed by atoms with Crippen LogP contribution in [0.5, 0.6) is 0 Å². The Morgan fingerprint density at radius 2 is 2.35 bits per heavy atom. The van der Waals surface area contributed by atoms with Crippen molar-refractivity contribution < 1.29 is 9.90 Å². The van der Waals surface area contributed by atoms with Crippen molar-refractivity contribution in [1.82, 2.24) is 19.5 Å². The van der Waals surface area contributed by atoms with Gasteiger partial charge in [0.2, 0.25) is 5.95 Å². The van der Waals surface area contributed by atoms with Crippen molar-refractivity contribution >= 4 is 11.9 Å². The normalized spacial score (nSPS) is 10.0. The molecule has 0 fully saturated rings. The third-order valence-corrected chi connectivity index (χ3v) is 2.47. The van der Waals surface area contributed by atoms with Gasteiger partial charge in [-0.15, -0.1) is 0 Å². The maximum absolute atomic E-state index is 10.7. The fourth-order valence-corrected chi connectivity index (χ4v) is 1.59. The smallest absolute Gasteiger partial charge is 0.356 e. The molecule has 0 aromatic carbocycles. The van der Waals surface area contributed by atoms with E-state index >= 15 is 0 Å². The Morgan fingerprint density at radius 1 is 1.55 bits per heavy atom. The van der Waals surface area contributed by atoms with Crippen LogP contribution in [0.15, 0.2) is 18.6 Å². The maximum Gasteiger partial charge on any atom is 0.356 e. The van der Waals surface area contributed by atoms with Gasteiger partial charge in [0, 0.05) is 25.0 Å². The number of imidazole rings is 1. The zero-order valence-corrected chi connectivity index (χ0v) is 10.7. The average molecular weight is 272 g/mol. The van der Waals surface area contributed by atoms with Crippen LogP contribution in [-0.4, -0.2) is 37.1 Å². The van der Waals surface area contributed by atoms with Gasteiger partial charge in [-0.2, -0.15) is 5.26 Å². The summed E-state index contributed by atoms with van der Waals surface area (Å²) >= 11 is 0. The van der Waals surface area contributed by atoms with E-state index in [9.17, 15) is 4.79 Å². The Morgan fingerprint density at radius 3 is 3.00 bits per heavy atom. The summed E-state index contributed by atoms with van der Waals surface area (Å²) in [6.45, 7) is 2.78. The molecular weight excluding hydrogens is 260 g/mol. The van der Waals surface area contributed by atoms with Gasteiger partial charge in [0.15, 0.2) is 5.69 Å². The highest BCUT2D eigenvalue weighted by Crippen LogP contribution is 2.04. The lowest BCUT2D eigenvalue weighted by molar-refractivity contribution is 0.0691. The number of anilines is 1. The van der Waals surface area contributed by atoms with E-state index in [1.54, 1.807) is 17.6 Å². The Labute approximate surface area is 114 Å². The number of carboxylic acids is 1. The molecule has 0 saturated carbocycles. The number of aromatic nitrogens is 4. The quantitative estimate of drug-likeness (QED) is 0.821. The topological polar surface area (TPSA) is 117 Å². The minimum atomic E-state index is -1.06. The molecular formula is C12H12N6O2. The van der Waals surface area contributed by atoms with Crippen LogP contribution in [0.2, 0.25) is 0 Å². The van der Waals surface area contributed by atoms with Gasteiger partial charge < -0.3 is 15.0 Å². The summed E-state index contributed by atoms with van der Waals surface area (Å²) in [5.41, 5.74) is 1.01. The van der Waals surface area contributed by atoms with Gasteiger partial charge in [0.25, 0.3) is 0 Å². The SMILES string of the molecule is Cc1cc(C#N)nc(NCCn2cnc(C(=O)O)c2)n1. The first-order valence-corrected chi connectivity index (χ1v) is 5.83. The van der Waals surface area contributed by atoms with Crippen LogP contribution in [0.4, 0.5) is 5.95 Å². The Kier molecular flexibility index (Phi) is 3.91. The number of aromatic carboxylic acids is 1. The van der Waals surface area contributed by atoms with E-state index in [0.717, 1.165) is 0 Å². The van der Waals surface area contributed by atoms with Crippen LogP contribution in [0.1, 0.15) is 21.9 Å². The third kappa shape index (κ3) is 3.29. The molecule has 2 aromatic rings. The van der Waals surface area contributed by atoms with E-state index in [1.165, 1.54) is 12.5 Å². The van der Waals surface area contributed by atoms with Gasteiger partial charge in [-0.3, -0.25) is 0 Å². The molecule has 0 radical (unpaired) electrons. The molecule has 2 N–H and O–H groups in total. The lowest BCUT2D eigenvalue weighted by Gasteiger charge is -2.06. The summed E-state index contributed by atoms with van der Waals surface area (Å²) in [5, 5.41) is 20.5. The lowest BCUT2D eigenvalue weighted by Crippen LogP contribution is -2.12. The fraction of sp³-hybridized carbons (Fsp3) is 0.250. The number of aryl methyl sites for hydroxylation is 1. The van der Waals surface area contributed by atoms with Gasteiger partial charge in [0.1, 0.15) is 11.8 Å². The number of carbonyl (C=O) groups is 1. The molecule has 0 aliphatic rings.